The van der Waals surface area contributed by atoms with Gasteiger partial charge in [-0.25, -0.2) is 0 Å². The maximum atomic E-state index is 9.79. The molecule has 1 aliphatic carbocycles. The fraction of sp³-hybridized carbons (Fsp3) is 0.333. The molecule has 1 aliphatic rings. The van der Waals surface area contributed by atoms with E-state index in [0.717, 1.165) is 12.0 Å². The van der Waals surface area contributed by atoms with Crippen LogP contribution in [0.4, 0.5) is 0 Å². The minimum absolute atomic E-state index is 0.286. The Hall–Kier alpha value is -1.08. The van der Waals surface area contributed by atoms with Crippen LogP contribution in [0.3, 0.4) is 0 Å². The molecule has 1 aromatic rings. The minimum Gasteiger partial charge on any atom is -0.388 e. The molecule has 0 heterocycles. The van der Waals surface area contributed by atoms with Gasteiger partial charge in [0.25, 0.3) is 0 Å². The number of rotatable bonds is 2. The van der Waals surface area contributed by atoms with E-state index in [0.29, 0.717) is 0 Å². The van der Waals surface area contributed by atoms with Gasteiger partial charge in [0.15, 0.2) is 0 Å². The Morgan fingerprint density at radius 1 is 1.54 bits per heavy atom. The number of aliphatic hydroxyl groups is 1. The molecule has 2 unspecified atom stereocenters. The Kier molecular flexibility index (Phi) is 1.97. The molecule has 0 saturated carbocycles. The molecular formula is C12H14O. The van der Waals surface area contributed by atoms with Crippen molar-refractivity contribution >= 4 is 0 Å². The molecule has 0 fully saturated rings. The van der Waals surface area contributed by atoms with Gasteiger partial charge in [0.05, 0.1) is 6.10 Å². The van der Waals surface area contributed by atoms with Gasteiger partial charge in [-0.1, -0.05) is 36.4 Å². The Morgan fingerprint density at radius 3 is 2.85 bits per heavy atom. The number of aliphatic hydroxyl groups excluding tert-OH is 1. The van der Waals surface area contributed by atoms with Crippen LogP contribution in [-0.4, -0.2) is 11.2 Å². The van der Waals surface area contributed by atoms with Gasteiger partial charge in [0.1, 0.15) is 0 Å². The standard InChI is InChI=1S/C12H14O/c1-8(2)12(13)11-7-9-5-3-4-6-10(9)11/h3-6,11-13H,1,7H2,2H3. The average molecular weight is 174 g/mol. The molecule has 13 heavy (non-hydrogen) atoms. The van der Waals surface area contributed by atoms with Crippen LogP contribution in [0.15, 0.2) is 36.4 Å². The van der Waals surface area contributed by atoms with Crippen molar-refractivity contribution in [2.75, 3.05) is 0 Å². The average Bonchev–Trinajstić information content (AvgIpc) is 2.06. The molecule has 0 radical (unpaired) electrons. The molecule has 68 valence electrons. The van der Waals surface area contributed by atoms with Crippen molar-refractivity contribution in [3.05, 3.63) is 47.5 Å². The quantitative estimate of drug-likeness (QED) is 0.682. The van der Waals surface area contributed by atoms with Crippen LogP contribution in [-0.2, 0) is 6.42 Å². The van der Waals surface area contributed by atoms with E-state index in [-0.39, 0.29) is 12.0 Å². The first-order valence-electron chi connectivity index (χ1n) is 4.61. The molecule has 1 heteroatoms. The van der Waals surface area contributed by atoms with E-state index >= 15 is 0 Å². The lowest BCUT2D eigenvalue weighted by Gasteiger charge is -2.34. The summed E-state index contributed by atoms with van der Waals surface area (Å²) in [6, 6.07) is 8.28. The molecule has 0 amide bonds. The van der Waals surface area contributed by atoms with Crippen LogP contribution < -0.4 is 0 Å². The van der Waals surface area contributed by atoms with E-state index in [4.69, 9.17) is 0 Å². The van der Waals surface area contributed by atoms with E-state index < -0.39 is 0 Å². The lowest BCUT2D eigenvalue weighted by molar-refractivity contribution is 0.168. The number of hydrogen-bond donors (Lipinski definition) is 1. The van der Waals surface area contributed by atoms with Gasteiger partial charge in [-0.2, -0.15) is 0 Å². The number of fused-ring (bicyclic) bond motifs is 1. The van der Waals surface area contributed by atoms with Gasteiger partial charge in [0.2, 0.25) is 0 Å². The van der Waals surface area contributed by atoms with Crippen LogP contribution in [0, 0.1) is 0 Å². The molecule has 1 aromatic carbocycles. The first-order chi connectivity index (χ1) is 6.20. The van der Waals surface area contributed by atoms with Crippen molar-refractivity contribution < 1.29 is 5.11 Å². The second-order valence-corrected chi connectivity index (χ2v) is 3.80. The van der Waals surface area contributed by atoms with E-state index in [1.165, 1.54) is 11.1 Å². The summed E-state index contributed by atoms with van der Waals surface area (Å²) in [4.78, 5) is 0. The summed E-state index contributed by atoms with van der Waals surface area (Å²) in [6.07, 6.45) is 0.624. The maximum Gasteiger partial charge on any atom is 0.0816 e. The van der Waals surface area contributed by atoms with Crippen molar-refractivity contribution in [3.63, 3.8) is 0 Å². The van der Waals surface area contributed by atoms with Crippen LogP contribution in [0.1, 0.15) is 24.0 Å². The van der Waals surface area contributed by atoms with E-state index in [9.17, 15) is 5.11 Å². The Balaban J connectivity index is 2.22. The molecule has 1 N–H and O–H groups in total. The highest BCUT2D eigenvalue weighted by Crippen LogP contribution is 2.38. The fourth-order valence-corrected chi connectivity index (χ4v) is 1.92. The highest BCUT2D eigenvalue weighted by molar-refractivity contribution is 5.42. The lowest BCUT2D eigenvalue weighted by atomic mass is 9.73. The summed E-state index contributed by atoms with van der Waals surface area (Å²) >= 11 is 0. The molecule has 1 nitrogen and oxygen atoms in total. The first kappa shape index (κ1) is 8.52. The predicted molar refractivity (Wildman–Crippen MR) is 53.7 cm³/mol. The van der Waals surface area contributed by atoms with E-state index in [2.05, 4.69) is 18.7 Å². The summed E-state index contributed by atoms with van der Waals surface area (Å²) < 4.78 is 0. The van der Waals surface area contributed by atoms with E-state index in [1.54, 1.807) is 0 Å². The van der Waals surface area contributed by atoms with Crippen molar-refractivity contribution in [1.29, 1.82) is 0 Å². The van der Waals surface area contributed by atoms with Gasteiger partial charge in [0, 0.05) is 5.92 Å². The molecule has 0 aromatic heterocycles. The smallest absolute Gasteiger partial charge is 0.0816 e. The zero-order valence-corrected chi connectivity index (χ0v) is 7.83. The van der Waals surface area contributed by atoms with Gasteiger partial charge < -0.3 is 5.11 Å². The molecule has 2 atom stereocenters. The minimum atomic E-state index is -0.366. The van der Waals surface area contributed by atoms with Gasteiger partial charge in [-0.15, -0.1) is 0 Å². The molecule has 0 bridgehead atoms. The first-order valence-corrected chi connectivity index (χ1v) is 4.61. The molecule has 0 aliphatic heterocycles. The van der Waals surface area contributed by atoms with Gasteiger partial charge in [-0.05, 0) is 24.5 Å². The molecule has 0 spiro atoms. The van der Waals surface area contributed by atoms with Crippen LogP contribution in [0.25, 0.3) is 0 Å². The van der Waals surface area contributed by atoms with Crippen LogP contribution in [0.5, 0.6) is 0 Å². The third-order valence-corrected chi connectivity index (χ3v) is 2.78. The summed E-state index contributed by atoms with van der Waals surface area (Å²) in [7, 11) is 0. The van der Waals surface area contributed by atoms with Gasteiger partial charge in [-0.3, -0.25) is 0 Å². The lowest BCUT2D eigenvalue weighted by Crippen LogP contribution is -2.29. The highest BCUT2D eigenvalue weighted by Gasteiger charge is 2.31. The topological polar surface area (TPSA) is 20.2 Å². The summed E-state index contributed by atoms with van der Waals surface area (Å²) in [5, 5.41) is 9.79. The number of benzene rings is 1. The molecular weight excluding hydrogens is 160 g/mol. The molecule has 0 saturated heterocycles. The highest BCUT2D eigenvalue weighted by atomic mass is 16.3. The van der Waals surface area contributed by atoms with Crippen LogP contribution in [0.2, 0.25) is 0 Å². The zero-order chi connectivity index (χ0) is 9.42. The summed E-state index contributed by atoms with van der Waals surface area (Å²) in [5.74, 6) is 0.286. The monoisotopic (exact) mass is 174 g/mol. The summed E-state index contributed by atoms with van der Waals surface area (Å²) in [5.41, 5.74) is 3.52. The second-order valence-electron chi connectivity index (χ2n) is 3.80. The van der Waals surface area contributed by atoms with Crippen molar-refractivity contribution in [2.45, 2.75) is 25.4 Å². The SMILES string of the molecule is C=C(C)C(O)C1Cc2ccccc21. The third-order valence-electron chi connectivity index (χ3n) is 2.78. The van der Waals surface area contributed by atoms with Crippen molar-refractivity contribution in [1.82, 2.24) is 0 Å². The fourth-order valence-electron chi connectivity index (χ4n) is 1.92. The Morgan fingerprint density at radius 2 is 2.23 bits per heavy atom. The van der Waals surface area contributed by atoms with Gasteiger partial charge >= 0.3 is 0 Å². The molecule has 2 rings (SSSR count). The predicted octanol–water partition coefficient (Wildman–Crippen LogP) is 2.26. The van der Waals surface area contributed by atoms with Crippen molar-refractivity contribution in [2.24, 2.45) is 0 Å². The van der Waals surface area contributed by atoms with Crippen molar-refractivity contribution in [3.8, 4) is 0 Å². The Labute approximate surface area is 78.7 Å². The van der Waals surface area contributed by atoms with E-state index in [1.807, 2.05) is 19.1 Å². The zero-order valence-electron chi connectivity index (χ0n) is 7.83. The van der Waals surface area contributed by atoms with Crippen LogP contribution >= 0.6 is 0 Å². The normalized spacial score (nSPS) is 21.5. The Bertz CT molecular complexity index is 341. The second kappa shape index (κ2) is 3.00. The number of hydrogen-bond acceptors (Lipinski definition) is 1. The third kappa shape index (κ3) is 1.29. The maximum absolute atomic E-state index is 9.79. The summed E-state index contributed by atoms with van der Waals surface area (Å²) in [6.45, 7) is 5.66. The largest absolute Gasteiger partial charge is 0.388 e.